The van der Waals surface area contributed by atoms with Crippen molar-refractivity contribution in [1.82, 2.24) is 14.8 Å². The first-order chi connectivity index (χ1) is 11.5. The van der Waals surface area contributed by atoms with Gasteiger partial charge in [0.25, 0.3) is 0 Å². The van der Waals surface area contributed by atoms with E-state index in [4.69, 9.17) is 10.5 Å². The van der Waals surface area contributed by atoms with Crippen molar-refractivity contribution in [2.75, 3.05) is 44.2 Å². The maximum atomic E-state index is 12.1. The lowest BCUT2D eigenvalue weighted by Gasteiger charge is -2.39. The molecule has 7 nitrogen and oxygen atoms in total. The number of carbonyl (C=O) groups excluding carboxylic acids is 1. The Labute approximate surface area is 146 Å². The number of amides is 1. The molecule has 0 spiro atoms. The summed E-state index contributed by atoms with van der Waals surface area (Å²) >= 11 is 1.67. The van der Waals surface area contributed by atoms with Crippen LogP contribution in [0.5, 0.6) is 0 Å². The van der Waals surface area contributed by atoms with Crippen LogP contribution in [-0.4, -0.2) is 66.0 Å². The highest BCUT2D eigenvalue weighted by atomic mass is 32.1. The zero-order chi connectivity index (χ0) is 17.5. The number of piperazine rings is 1. The summed E-state index contributed by atoms with van der Waals surface area (Å²) in [5.41, 5.74) is 1.05. The van der Waals surface area contributed by atoms with Crippen molar-refractivity contribution >= 4 is 22.4 Å². The largest absolute Gasteiger partial charge is 0.343 e. The third kappa shape index (κ3) is 4.67. The lowest BCUT2D eigenvalue weighted by Crippen LogP contribution is -2.52. The van der Waals surface area contributed by atoms with Gasteiger partial charge in [-0.05, 0) is 13.8 Å². The van der Waals surface area contributed by atoms with Crippen LogP contribution >= 0.6 is 11.3 Å². The Morgan fingerprint density at radius 3 is 2.67 bits per heavy atom. The molecule has 1 aromatic heterocycles. The fourth-order valence-electron chi connectivity index (χ4n) is 2.81. The summed E-state index contributed by atoms with van der Waals surface area (Å²) in [6, 6.07) is 4.21. The summed E-state index contributed by atoms with van der Waals surface area (Å²) in [6.45, 7) is 7.42. The molecule has 1 atom stereocenters. The first-order valence-electron chi connectivity index (χ1n) is 7.98. The lowest BCUT2D eigenvalue weighted by molar-refractivity contribution is -0.130. The maximum Gasteiger partial charge on any atom is 0.225 e. The molecule has 1 aliphatic rings. The van der Waals surface area contributed by atoms with Crippen LogP contribution in [0.4, 0.5) is 5.13 Å². The van der Waals surface area contributed by atoms with Crippen LogP contribution in [0.15, 0.2) is 5.38 Å². The first-order valence-corrected chi connectivity index (χ1v) is 8.86. The highest BCUT2D eigenvalue weighted by Crippen LogP contribution is 2.24. The van der Waals surface area contributed by atoms with Crippen LogP contribution in [0, 0.1) is 29.6 Å². The Morgan fingerprint density at radius 1 is 1.42 bits per heavy atom. The van der Waals surface area contributed by atoms with Gasteiger partial charge < -0.3 is 9.80 Å². The molecule has 2 rings (SSSR count). The number of hydrogen-bond acceptors (Lipinski definition) is 7. The third-order valence-corrected chi connectivity index (χ3v) is 5.08. The number of aryl methyl sites for hydroxylation is 1. The Morgan fingerprint density at radius 2 is 2.12 bits per heavy atom. The number of thiazole rings is 1. The summed E-state index contributed by atoms with van der Waals surface area (Å²) in [7, 11) is 0. The number of hydrogen-bond donors (Lipinski definition) is 0. The number of carbonyl (C=O) groups is 1. The zero-order valence-corrected chi connectivity index (χ0v) is 14.9. The Bertz CT molecular complexity index is 630. The minimum absolute atomic E-state index is 0.0278. The molecule has 1 amide bonds. The van der Waals surface area contributed by atoms with Gasteiger partial charge >= 0.3 is 0 Å². The molecule has 0 aliphatic carbocycles. The van der Waals surface area contributed by atoms with E-state index in [1.54, 1.807) is 11.3 Å². The number of nitrogens with zero attached hydrogens (tertiary/aromatic N) is 6. The maximum absolute atomic E-state index is 12.1. The van der Waals surface area contributed by atoms with Crippen LogP contribution in [0.2, 0.25) is 0 Å². The van der Waals surface area contributed by atoms with E-state index in [0.29, 0.717) is 19.0 Å². The molecule has 1 aliphatic heterocycles. The van der Waals surface area contributed by atoms with Crippen LogP contribution in [0.25, 0.3) is 0 Å². The second-order valence-corrected chi connectivity index (χ2v) is 6.77. The van der Waals surface area contributed by atoms with Gasteiger partial charge in [0.05, 0.1) is 17.8 Å². The predicted octanol–water partition coefficient (Wildman–Crippen LogP) is 1.23. The Kier molecular flexibility index (Phi) is 6.53. The van der Waals surface area contributed by atoms with Crippen molar-refractivity contribution in [1.29, 1.82) is 10.5 Å². The number of aromatic nitrogens is 1. The van der Waals surface area contributed by atoms with E-state index in [1.807, 2.05) is 19.1 Å². The van der Waals surface area contributed by atoms with Crippen molar-refractivity contribution < 1.29 is 4.79 Å². The number of anilines is 1. The summed E-state index contributed by atoms with van der Waals surface area (Å²) in [6.07, 6.45) is 0.340. The van der Waals surface area contributed by atoms with Gasteiger partial charge in [0.1, 0.15) is 13.1 Å². The van der Waals surface area contributed by atoms with Gasteiger partial charge in [0.2, 0.25) is 5.91 Å². The van der Waals surface area contributed by atoms with Crippen LogP contribution < -0.4 is 4.90 Å². The van der Waals surface area contributed by atoms with E-state index in [2.05, 4.69) is 27.1 Å². The van der Waals surface area contributed by atoms with Crippen LogP contribution in [0.3, 0.4) is 0 Å². The molecular weight excluding hydrogens is 324 g/mol. The average Bonchev–Trinajstić information content (AvgIpc) is 2.98. The molecule has 0 unspecified atom stereocenters. The molecule has 0 aromatic carbocycles. The number of rotatable bonds is 6. The molecule has 8 heteroatoms. The Balaban J connectivity index is 1.82. The fourth-order valence-corrected chi connectivity index (χ4v) is 3.74. The second kappa shape index (κ2) is 8.62. The van der Waals surface area contributed by atoms with Gasteiger partial charge in [-0.2, -0.15) is 10.5 Å². The molecule has 128 valence electrons. The predicted molar refractivity (Wildman–Crippen MR) is 92.5 cm³/mol. The standard InChI is InChI=1S/C16H22N6OS/c1-13-12-24-16(19-13)22-10-9-20(11-14(22)2)6-3-15(23)21(7-4-17)8-5-18/h12,14H,3,6-11H2,1-2H3/t14-/m1/s1. The summed E-state index contributed by atoms with van der Waals surface area (Å²) in [5.74, 6) is -0.135. The van der Waals surface area contributed by atoms with Gasteiger partial charge in [0.15, 0.2) is 5.13 Å². The van der Waals surface area contributed by atoms with E-state index < -0.39 is 0 Å². The smallest absolute Gasteiger partial charge is 0.225 e. The molecule has 0 saturated carbocycles. The van der Waals surface area contributed by atoms with E-state index in [1.165, 1.54) is 4.90 Å². The lowest BCUT2D eigenvalue weighted by atomic mass is 10.2. The normalized spacial score (nSPS) is 18.0. The molecule has 24 heavy (non-hydrogen) atoms. The summed E-state index contributed by atoms with van der Waals surface area (Å²) < 4.78 is 0. The molecule has 1 fully saturated rings. The van der Waals surface area contributed by atoms with Crippen LogP contribution in [0.1, 0.15) is 19.0 Å². The highest BCUT2D eigenvalue weighted by molar-refractivity contribution is 7.13. The van der Waals surface area contributed by atoms with E-state index in [0.717, 1.165) is 30.5 Å². The SMILES string of the molecule is Cc1csc(N2CCN(CCC(=O)N(CC#N)CC#N)C[C@H]2C)n1. The quantitative estimate of drug-likeness (QED) is 0.720. The van der Waals surface area contributed by atoms with Crippen LogP contribution in [-0.2, 0) is 4.79 Å². The van der Waals surface area contributed by atoms with Gasteiger partial charge in [-0.25, -0.2) is 4.98 Å². The van der Waals surface area contributed by atoms with Crippen molar-refractivity contribution in [2.24, 2.45) is 0 Å². The van der Waals surface area contributed by atoms with Gasteiger partial charge in [-0.1, -0.05) is 0 Å². The minimum Gasteiger partial charge on any atom is -0.343 e. The van der Waals surface area contributed by atoms with Crippen molar-refractivity contribution in [3.8, 4) is 12.1 Å². The molecule has 0 bridgehead atoms. The molecule has 2 heterocycles. The first kappa shape index (κ1) is 18.2. The molecule has 0 radical (unpaired) electrons. The van der Waals surface area contributed by atoms with Crippen molar-refractivity contribution in [3.63, 3.8) is 0 Å². The fraction of sp³-hybridized carbons (Fsp3) is 0.625. The summed E-state index contributed by atoms with van der Waals surface area (Å²) in [4.78, 5) is 22.5. The van der Waals surface area contributed by atoms with E-state index >= 15 is 0 Å². The van der Waals surface area contributed by atoms with Gasteiger partial charge in [-0.15, -0.1) is 11.3 Å². The van der Waals surface area contributed by atoms with Gasteiger partial charge in [-0.3, -0.25) is 9.69 Å². The van der Waals surface area contributed by atoms with E-state index in [-0.39, 0.29) is 19.0 Å². The summed E-state index contributed by atoms with van der Waals surface area (Å²) in [5, 5.41) is 20.6. The molecule has 0 N–H and O–H groups in total. The van der Waals surface area contributed by atoms with Crippen molar-refractivity contribution in [3.05, 3.63) is 11.1 Å². The minimum atomic E-state index is -0.135. The zero-order valence-electron chi connectivity index (χ0n) is 14.1. The Hall–Kier alpha value is -2.16. The third-order valence-electron chi connectivity index (χ3n) is 4.08. The molecule has 1 aromatic rings. The topological polar surface area (TPSA) is 87.3 Å². The highest BCUT2D eigenvalue weighted by Gasteiger charge is 2.26. The second-order valence-electron chi connectivity index (χ2n) is 5.93. The van der Waals surface area contributed by atoms with Crippen molar-refractivity contribution in [2.45, 2.75) is 26.3 Å². The average molecular weight is 346 g/mol. The number of nitriles is 2. The monoisotopic (exact) mass is 346 g/mol. The molecular formula is C16H22N6OS. The molecule has 1 saturated heterocycles. The van der Waals surface area contributed by atoms with E-state index in [9.17, 15) is 4.79 Å². The van der Waals surface area contributed by atoms with Gasteiger partial charge in [0, 0.05) is 44.0 Å².